The number of likely N-dealkylation sites (N-methyl/N-ethyl adjacent to an activating group) is 1. The van der Waals surface area contributed by atoms with Crippen molar-refractivity contribution >= 4 is 22.4 Å². The topological polar surface area (TPSA) is 54.0 Å². The molecular weight excluding hydrogens is 234 g/mol. The van der Waals surface area contributed by atoms with Gasteiger partial charge in [0.25, 0.3) is 0 Å². The second-order valence-corrected chi connectivity index (χ2v) is 5.57. The van der Waals surface area contributed by atoms with Crippen molar-refractivity contribution in [2.24, 2.45) is 5.92 Å². The molecule has 1 unspecified atom stereocenters. The van der Waals surface area contributed by atoms with Gasteiger partial charge >= 0.3 is 0 Å². The van der Waals surface area contributed by atoms with E-state index in [1.165, 1.54) is 23.4 Å². The van der Waals surface area contributed by atoms with Gasteiger partial charge in [-0.05, 0) is 32.2 Å². The number of carbonyl (C=O) groups is 1. The molecule has 2 N–H and O–H groups in total. The number of thiazole rings is 1. The van der Waals surface area contributed by atoms with Crippen molar-refractivity contribution in [3.8, 4) is 0 Å². The maximum Gasteiger partial charge on any atom is 0.240 e. The largest absolute Gasteiger partial charge is 0.311 e. The summed E-state index contributed by atoms with van der Waals surface area (Å²) in [6, 6.07) is 0. The van der Waals surface area contributed by atoms with Crippen LogP contribution in [-0.4, -0.2) is 24.5 Å². The number of rotatable bonds is 4. The molecule has 1 aliphatic rings. The Labute approximate surface area is 106 Å². The van der Waals surface area contributed by atoms with Gasteiger partial charge in [0.15, 0.2) is 5.13 Å². The van der Waals surface area contributed by atoms with Crippen LogP contribution in [0.2, 0.25) is 0 Å². The van der Waals surface area contributed by atoms with Crippen LogP contribution in [0.5, 0.6) is 0 Å². The third-order valence-electron chi connectivity index (χ3n) is 3.20. The summed E-state index contributed by atoms with van der Waals surface area (Å²) in [5, 5.41) is 6.43. The second kappa shape index (κ2) is 5.60. The van der Waals surface area contributed by atoms with Gasteiger partial charge in [0.2, 0.25) is 5.91 Å². The monoisotopic (exact) mass is 253 g/mol. The number of anilines is 1. The van der Waals surface area contributed by atoms with Crippen LogP contribution in [0.15, 0.2) is 0 Å². The molecule has 0 bridgehead atoms. The second-order valence-electron chi connectivity index (χ2n) is 4.48. The fourth-order valence-electron chi connectivity index (χ4n) is 2.17. The summed E-state index contributed by atoms with van der Waals surface area (Å²) in [7, 11) is 1.76. The molecule has 0 saturated carbocycles. The lowest BCUT2D eigenvalue weighted by Crippen LogP contribution is -2.24. The first-order valence-electron chi connectivity index (χ1n) is 6.16. The van der Waals surface area contributed by atoms with Gasteiger partial charge in [-0.1, -0.05) is 13.3 Å². The smallest absolute Gasteiger partial charge is 0.240 e. The minimum absolute atomic E-state index is 0.0226. The predicted molar refractivity (Wildman–Crippen MR) is 70.5 cm³/mol. The van der Waals surface area contributed by atoms with Gasteiger partial charge in [-0.2, -0.15) is 0 Å². The Morgan fingerprint density at radius 2 is 2.41 bits per heavy atom. The van der Waals surface area contributed by atoms with Crippen LogP contribution in [0.25, 0.3) is 0 Å². The molecule has 1 aromatic heterocycles. The summed E-state index contributed by atoms with van der Waals surface area (Å²) in [6.45, 7) is 2.58. The van der Waals surface area contributed by atoms with Crippen molar-refractivity contribution in [1.29, 1.82) is 0 Å². The Bertz CT molecular complexity index is 402. The highest BCUT2D eigenvalue weighted by atomic mass is 32.1. The molecule has 2 rings (SSSR count). The first-order chi connectivity index (χ1) is 8.22. The van der Waals surface area contributed by atoms with Gasteiger partial charge in [-0.15, -0.1) is 11.3 Å². The van der Waals surface area contributed by atoms with Gasteiger partial charge in [0.05, 0.1) is 12.2 Å². The Morgan fingerprint density at radius 3 is 3.12 bits per heavy atom. The van der Waals surface area contributed by atoms with E-state index >= 15 is 0 Å². The molecule has 0 radical (unpaired) electrons. The van der Waals surface area contributed by atoms with Gasteiger partial charge in [-0.3, -0.25) is 4.79 Å². The number of aryl methyl sites for hydroxylation is 1. The fourth-order valence-corrected chi connectivity index (χ4v) is 3.31. The van der Waals surface area contributed by atoms with E-state index in [-0.39, 0.29) is 5.91 Å². The first kappa shape index (κ1) is 12.5. The minimum Gasteiger partial charge on any atom is -0.311 e. The zero-order valence-corrected chi connectivity index (χ0v) is 11.2. The number of hydrogen-bond donors (Lipinski definition) is 2. The van der Waals surface area contributed by atoms with Crippen LogP contribution < -0.4 is 10.6 Å². The highest BCUT2D eigenvalue weighted by Gasteiger charge is 2.21. The van der Waals surface area contributed by atoms with E-state index in [1.54, 1.807) is 18.4 Å². The van der Waals surface area contributed by atoms with Gasteiger partial charge in [0.1, 0.15) is 0 Å². The van der Waals surface area contributed by atoms with Crippen LogP contribution >= 0.6 is 11.3 Å². The summed E-state index contributed by atoms with van der Waals surface area (Å²) in [4.78, 5) is 17.3. The molecule has 0 spiro atoms. The molecule has 0 aliphatic heterocycles. The molecule has 0 fully saturated rings. The molecule has 1 atom stereocenters. The quantitative estimate of drug-likeness (QED) is 0.860. The van der Waals surface area contributed by atoms with Crippen molar-refractivity contribution < 1.29 is 4.79 Å². The molecule has 17 heavy (non-hydrogen) atoms. The average molecular weight is 253 g/mol. The normalized spacial score (nSPS) is 18.8. The van der Waals surface area contributed by atoms with Crippen molar-refractivity contribution in [3.63, 3.8) is 0 Å². The number of carbonyl (C=O) groups excluding carboxylic acids is 1. The Morgan fingerprint density at radius 1 is 1.59 bits per heavy atom. The van der Waals surface area contributed by atoms with Crippen LogP contribution in [-0.2, 0) is 17.6 Å². The molecule has 5 heteroatoms. The summed E-state index contributed by atoms with van der Waals surface area (Å²) in [6.07, 6.45) is 4.66. The molecule has 1 heterocycles. The van der Waals surface area contributed by atoms with E-state index in [9.17, 15) is 4.79 Å². The molecule has 94 valence electrons. The van der Waals surface area contributed by atoms with Crippen LogP contribution in [0, 0.1) is 5.92 Å². The number of nitrogens with one attached hydrogen (secondary N) is 2. The molecule has 0 aromatic carbocycles. The lowest BCUT2D eigenvalue weighted by atomic mass is 9.89. The summed E-state index contributed by atoms with van der Waals surface area (Å²) >= 11 is 1.64. The van der Waals surface area contributed by atoms with Gasteiger partial charge < -0.3 is 10.6 Å². The zero-order chi connectivity index (χ0) is 12.3. The standard InChI is InChI=1S/C12H19N3OS/c1-3-8-4-5-9-10(6-8)17-12(14-9)15-11(16)7-13-2/h8,13H,3-7H2,1-2H3,(H,14,15,16). The van der Waals surface area contributed by atoms with Crippen LogP contribution in [0.3, 0.4) is 0 Å². The maximum atomic E-state index is 11.4. The SMILES string of the molecule is CCC1CCc2nc(NC(=O)CNC)sc2C1. The number of fused-ring (bicyclic) bond motifs is 1. The van der Waals surface area contributed by atoms with Gasteiger partial charge in [-0.25, -0.2) is 4.98 Å². The Hall–Kier alpha value is -0.940. The van der Waals surface area contributed by atoms with E-state index in [2.05, 4.69) is 22.5 Å². The molecule has 0 saturated heterocycles. The predicted octanol–water partition coefficient (Wildman–Crippen LogP) is 1.82. The summed E-state index contributed by atoms with van der Waals surface area (Å²) in [5.41, 5.74) is 1.19. The van der Waals surface area contributed by atoms with Gasteiger partial charge in [0, 0.05) is 4.88 Å². The van der Waals surface area contributed by atoms with E-state index in [0.717, 1.165) is 23.9 Å². The third-order valence-corrected chi connectivity index (χ3v) is 4.24. The summed E-state index contributed by atoms with van der Waals surface area (Å²) < 4.78 is 0. The Kier molecular flexibility index (Phi) is 4.12. The molecular formula is C12H19N3OS. The molecule has 1 amide bonds. The molecule has 1 aliphatic carbocycles. The number of amides is 1. The maximum absolute atomic E-state index is 11.4. The van der Waals surface area contributed by atoms with E-state index in [0.29, 0.717) is 6.54 Å². The minimum atomic E-state index is -0.0226. The number of hydrogen-bond acceptors (Lipinski definition) is 4. The van der Waals surface area contributed by atoms with E-state index in [1.807, 2.05) is 0 Å². The Balaban J connectivity index is 2.02. The van der Waals surface area contributed by atoms with Crippen LogP contribution in [0.4, 0.5) is 5.13 Å². The highest BCUT2D eigenvalue weighted by molar-refractivity contribution is 7.15. The lowest BCUT2D eigenvalue weighted by molar-refractivity contribution is -0.115. The van der Waals surface area contributed by atoms with Crippen LogP contribution in [0.1, 0.15) is 30.3 Å². The highest BCUT2D eigenvalue weighted by Crippen LogP contribution is 2.33. The third kappa shape index (κ3) is 3.04. The average Bonchev–Trinajstić information content (AvgIpc) is 2.69. The summed E-state index contributed by atoms with van der Waals surface area (Å²) in [5.74, 6) is 0.773. The lowest BCUT2D eigenvalue weighted by Gasteiger charge is -2.18. The van der Waals surface area contributed by atoms with E-state index in [4.69, 9.17) is 0 Å². The zero-order valence-electron chi connectivity index (χ0n) is 10.4. The first-order valence-corrected chi connectivity index (χ1v) is 6.97. The number of nitrogens with zero attached hydrogens (tertiary/aromatic N) is 1. The molecule has 1 aromatic rings. The van der Waals surface area contributed by atoms with Crippen molar-refractivity contribution in [2.45, 2.75) is 32.6 Å². The van der Waals surface area contributed by atoms with Crippen molar-refractivity contribution in [3.05, 3.63) is 10.6 Å². The van der Waals surface area contributed by atoms with E-state index < -0.39 is 0 Å². The fraction of sp³-hybridized carbons (Fsp3) is 0.667. The molecule has 4 nitrogen and oxygen atoms in total. The number of aromatic nitrogens is 1. The van der Waals surface area contributed by atoms with Crippen molar-refractivity contribution in [1.82, 2.24) is 10.3 Å². The van der Waals surface area contributed by atoms with Crippen molar-refractivity contribution in [2.75, 3.05) is 18.9 Å².